The highest BCUT2D eigenvalue weighted by molar-refractivity contribution is 5.95. The maximum atomic E-state index is 12.0. The molecule has 132 valence electrons. The van der Waals surface area contributed by atoms with Gasteiger partial charge in [-0.3, -0.25) is 15.4 Å². The molecule has 0 saturated heterocycles. The summed E-state index contributed by atoms with van der Waals surface area (Å²) < 4.78 is 0. The van der Waals surface area contributed by atoms with Crippen LogP contribution in [0.4, 0.5) is 4.79 Å². The summed E-state index contributed by atoms with van der Waals surface area (Å²) in [4.78, 5) is 23.6. The van der Waals surface area contributed by atoms with Crippen molar-refractivity contribution >= 4 is 11.9 Å². The molecule has 0 spiro atoms. The van der Waals surface area contributed by atoms with Gasteiger partial charge in [0.1, 0.15) is 0 Å². The van der Waals surface area contributed by atoms with Gasteiger partial charge in [0.05, 0.1) is 12.6 Å². The molecule has 5 heteroatoms. The molecule has 0 saturated carbocycles. The molecule has 1 atom stereocenters. The zero-order valence-electron chi connectivity index (χ0n) is 14.9. The first-order chi connectivity index (χ1) is 12.0. The minimum Gasteiger partial charge on any atom is -0.336 e. The van der Waals surface area contributed by atoms with Crippen molar-refractivity contribution in [1.29, 1.82) is 0 Å². The maximum absolute atomic E-state index is 12.0. The Hall–Kier alpha value is -2.66. The van der Waals surface area contributed by atoms with Gasteiger partial charge in [-0.2, -0.15) is 0 Å². The van der Waals surface area contributed by atoms with Crippen LogP contribution in [0, 0.1) is 6.92 Å². The summed E-state index contributed by atoms with van der Waals surface area (Å²) in [5.41, 5.74) is 3.31. The van der Waals surface area contributed by atoms with E-state index in [-0.39, 0.29) is 24.5 Å². The molecule has 2 aromatic carbocycles. The molecule has 0 heterocycles. The molecule has 0 aliphatic heterocycles. The van der Waals surface area contributed by atoms with E-state index in [1.807, 2.05) is 75.4 Å². The van der Waals surface area contributed by atoms with Crippen LogP contribution in [0.1, 0.15) is 36.6 Å². The average Bonchev–Trinajstić information content (AvgIpc) is 2.56. The molecule has 3 amide bonds. The highest BCUT2D eigenvalue weighted by atomic mass is 16.2. The third kappa shape index (κ3) is 6.04. The molecule has 5 nitrogen and oxygen atoms in total. The number of carbonyl (C=O) groups is 2. The summed E-state index contributed by atoms with van der Waals surface area (Å²) >= 11 is 0. The van der Waals surface area contributed by atoms with E-state index in [9.17, 15) is 9.59 Å². The van der Waals surface area contributed by atoms with E-state index in [0.717, 1.165) is 11.1 Å². The number of nitrogens with one attached hydrogen (secondary N) is 3. The van der Waals surface area contributed by atoms with E-state index in [0.29, 0.717) is 0 Å². The van der Waals surface area contributed by atoms with Crippen LogP contribution in [-0.2, 0) is 4.79 Å². The minimum absolute atomic E-state index is 0.0228. The standard InChI is InChI=1S/C20H25N3O2/c1-14(2)22-20(25)23-18(24)13-21-19(16-7-5-4-6-8-16)17-11-9-15(3)10-12-17/h4-12,14,19,21H,13H2,1-3H3,(H2,22,23,24,25)/t19-/m1/s1. The number of benzene rings is 2. The van der Waals surface area contributed by atoms with Gasteiger partial charge in [0.2, 0.25) is 5.91 Å². The van der Waals surface area contributed by atoms with Crippen LogP contribution in [0.2, 0.25) is 0 Å². The van der Waals surface area contributed by atoms with Crippen molar-refractivity contribution in [1.82, 2.24) is 16.0 Å². The highest BCUT2D eigenvalue weighted by Crippen LogP contribution is 2.22. The lowest BCUT2D eigenvalue weighted by Gasteiger charge is -2.20. The van der Waals surface area contributed by atoms with E-state index >= 15 is 0 Å². The number of aryl methyl sites for hydroxylation is 1. The third-order valence-corrected chi connectivity index (χ3v) is 3.68. The minimum atomic E-state index is -0.478. The second kappa shape index (κ2) is 8.99. The first-order valence-electron chi connectivity index (χ1n) is 8.41. The molecule has 0 aliphatic rings. The Kier molecular flexibility index (Phi) is 6.71. The number of imide groups is 1. The first kappa shape index (κ1) is 18.7. The van der Waals surface area contributed by atoms with Crippen LogP contribution < -0.4 is 16.0 Å². The molecule has 0 aromatic heterocycles. The van der Waals surface area contributed by atoms with Gasteiger partial charge in [0, 0.05) is 6.04 Å². The Morgan fingerprint density at radius 3 is 2.12 bits per heavy atom. The third-order valence-electron chi connectivity index (χ3n) is 3.68. The van der Waals surface area contributed by atoms with Crippen molar-refractivity contribution in [3.05, 3.63) is 71.3 Å². The van der Waals surface area contributed by atoms with Crippen LogP contribution in [0.5, 0.6) is 0 Å². The first-order valence-corrected chi connectivity index (χ1v) is 8.41. The number of rotatable bonds is 6. The van der Waals surface area contributed by atoms with Crippen LogP contribution in [0.15, 0.2) is 54.6 Å². The number of carbonyl (C=O) groups excluding carboxylic acids is 2. The Morgan fingerprint density at radius 1 is 0.920 bits per heavy atom. The zero-order chi connectivity index (χ0) is 18.2. The van der Waals surface area contributed by atoms with Crippen LogP contribution in [-0.4, -0.2) is 24.5 Å². The fourth-order valence-corrected chi connectivity index (χ4v) is 2.50. The Bertz CT molecular complexity index is 697. The number of amides is 3. The second-order valence-corrected chi connectivity index (χ2v) is 6.31. The molecule has 0 unspecified atom stereocenters. The molecule has 0 radical (unpaired) electrons. The van der Waals surface area contributed by atoms with E-state index in [1.54, 1.807) is 0 Å². The molecule has 2 aromatic rings. The van der Waals surface area contributed by atoms with Crippen molar-refractivity contribution in [2.75, 3.05) is 6.54 Å². The van der Waals surface area contributed by atoms with Crippen molar-refractivity contribution in [3.8, 4) is 0 Å². The van der Waals surface area contributed by atoms with Crippen molar-refractivity contribution in [2.45, 2.75) is 32.9 Å². The number of hydrogen-bond donors (Lipinski definition) is 3. The van der Waals surface area contributed by atoms with E-state index in [2.05, 4.69) is 16.0 Å². The lowest BCUT2D eigenvalue weighted by Crippen LogP contribution is -2.46. The quantitative estimate of drug-likeness (QED) is 0.758. The number of urea groups is 1. The van der Waals surface area contributed by atoms with Crippen molar-refractivity contribution < 1.29 is 9.59 Å². The Morgan fingerprint density at radius 2 is 1.52 bits per heavy atom. The van der Waals surface area contributed by atoms with Gasteiger partial charge in [-0.25, -0.2) is 4.79 Å². The molecule has 0 bridgehead atoms. The van der Waals surface area contributed by atoms with Gasteiger partial charge in [0.25, 0.3) is 0 Å². The summed E-state index contributed by atoms with van der Waals surface area (Å²) in [6.45, 7) is 5.75. The lowest BCUT2D eigenvalue weighted by atomic mass is 9.98. The van der Waals surface area contributed by atoms with Gasteiger partial charge < -0.3 is 5.32 Å². The molecular formula is C20H25N3O2. The van der Waals surface area contributed by atoms with E-state index in [1.165, 1.54) is 5.56 Å². The largest absolute Gasteiger partial charge is 0.336 e. The van der Waals surface area contributed by atoms with Crippen LogP contribution >= 0.6 is 0 Å². The smallest absolute Gasteiger partial charge is 0.321 e. The Labute approximate surface area is 148 Å². The fraction of sp³-hybridized carbons (Fsp3) is 0.300. The van der Waals surface area contributed by atoms with Crippen LogP contribution in [0.3, 0.4) is 0 Å². The zero-order valence-corrected chi connectivity index (χ0v) is 14.9. The van der Waals surface area contributed by atoms with Gasteiger partial charge >= 0.3 is 6.03 Å². The summed E-state index contributed by atoms with van der Waals surface area (Å²) in [5, 5.41) is 8.20. The monoisotopic (exact) mass is 339 g/mol. The van der Waals surface area contributed by atoms with Gasteiger partial charge in [-0.15, -0.1) is 0 Å². The highest BCUT2D eigenvalue weighted by Gasteiger charge is 2.16. The van der Waals surface area contributed by atoms with E-state index in [4.69, 9.17) is 0 Å². The SMILES string of the molecule is Cc1ccc([C@H](NCC(=O)NC(=O)NC(C)C)c2ccccc2)cc1. The summed E-state index contributed by atoms with van der Waals surface area (Å²) in [6.07, 6.45) is 0. The fourth-order valence-electron chi connectivity index (χ4n) is 2.50. The Balaban J connectivity index is 2.05. The van der Waals surface area contributed by atoms with Gasteiger partial charge in [-0.1, -0.05) is 60.2 Å². The molecule has 0 aliphatic carbocycles. The van der Waals surface area contributed by atoms with Crippen molar-refractivity contribution in [2.24, 2.45) is 0 Å². The normalized spacial score (nSPS) is 11.8. The topological polar surface area (TPSA) is 70.2 Å². The van der Waals surface area contributed by atoms with Gasteiger partial charge in [-0.05, 0) is 31.9 Å². The van der Waals surface area contributed by atoms with Gasteiger partial charge in [0.15, 0.2) is 0 Å². The summed E-state index contributed by atoms with van der Waals surface area (Å²) in [6, 6.07) is 17.5. The second-order valence-electron chi connectivity index (χ2n) is 6.31. The maximum Gasteiger partial charge on any atom is 0.321 e. The predicted octanol–water partition coefficient (Wildman–Crippen LogP) is 2.91. The lowest BCUT2D eigenvalue weighted by molar-refractivity contribution is -0.119. The number of hydrogen-bond acceptors (Lipinski definition) is 3. The van der Waals surface area contributed by atoms with E-state index < -0.39 is 6.03 Å². The summed E-state index contributed by atoms with van der Waals surface area (Å²) in [5.74, 6) is -0.369. The average molecular weight is 339 g/mol. The molecule has 3 N–H and O–H groups in total. The molecule has 0 fully saturated rings. The molecular weight excluding hydrogens is 314 g/mol. The predicted molar refractivity (Wildman–Crippen MR) is 99.3 cm³/mol. The van der Waals surface area contributed by atoms with Crippen LogP contribution in [0.25, 0.3) is 0 Å². The molecule has 25 heavy (non-hydrogen) atoms. The summed E-state index contributed by atoms with van der Waals surface area (Å²) in [7, 11) is 0. The molecule has 2 rings (SSSR count). The van der Waals surface area contributed by atoms with Crippen molar-refractivity contribution in [3.63, 3.8) is 0 Å².